The van der Waals surface area contributed by atoms with Gasteiger partial charge in [0.15, 0.2) is 0 Å². The third-order valence-corrected chi connectivity index (χ3v) is 6.71. The van der Waals surface area contributed by atoms with Crippen LogP contribution < -0.4 is 0 Å². The molecule has 4 atom stereocenters. The van der Waals surface area contributed by atoms with E-state index in [0.29, 0.717) is 16.2 Å². The Morgan fingerprint density at radius 1 is 1.28 bits per heavy atom. The van der Waals surface area contributed by atoms with Crippen LogP contribution in [0.25, 0.3) is 0 Å². The number of thiophene rings is 1. The minimum atomic E-state index is -5.15. The Labute approximate surface area is 182 Å². The van der Waals surface area contributed by atoms with Gasteiger partial charge in [-0.1, -0.05) is 5.21 Å². The first-order valence-corrected chi connectivity index (χ1v) is 10.3. The van der Waals surface area contributed by atoms with E-state index in [4.69, 9.17) is 0 Å². The Kier molecular flexibility index (Phi) is 6.60. The minimum absolute atomic E-state index is 0.0679. The summed E-state index contributed by atoms with van der Waals surface area (Å²) in [4.78, 5) is 11.9. The number of amides is 1. The van der Waals surface area contributed by atoms with E-state index in [9.17, 15) is 41.4 Å². The predicted octanol–water partition coefficient (Wildman–Crippen LogP) is 3.32. The summed E-state index contributed by atoms with van der Waals surface area (Å²) in [5.74, 6) is -2.79. The van der Waals surface area contributed by atoms with Gasteiger partial charge < -0.3 is 15.1 Å². The number of hydrogen-bond acceptors (Lipinski definition) is 6. The number of carbonyl (C=O) groups is 1. The van der Waals surface area contributed by atoms with Gasteiger partial charge in [0.25, 0.3) is 0 Å². The number of aliphatic hydroxyl groups is 2. The molecule has 2 aromatic rings. The van der Waals surface area contributed by atoms with E-state index < -0.39 is 53.8 Å². The van der Waals surface area contributed by atoms with E-state index in [0.717, 1.165) is 6.07 Å². The van der Waals surface area contributed by atoms with Crippen LogP contribution in [0.2, 0.25) is 0 Å². The molecule has 178 valence electrons. The van der Waals surface area contributed by atoms with Crippen LogP contribution in [0, 0.1) is 0 Å². The summed E-state index contributed by atoms with van der Waals surface area (Å²) < 4.78 is 80.9. The SMILES string of the molecule is C[C@H]1CC(c2sc(C(F)(F)F)cc2[C@H](O)CO)C[C@@H](c2cn(C)nn2)N1C(=O)C(F)(F)F. The largest absolute Gasteiger partial charge is 0.471 e. The van der Waals surface area contributed by atoms with Crippen LogP contribution in [0.3, 0.4) is 0 Å². The van der Waals surface area contributed by atoms with E-state index in [1.165, 1.54) is 24.9 Å². The zero-order chi connectivity index (χ0) is 24.0. The summed E-state index contributed by atoms with van der Waals surface area (Å²) in [7, 11) is 1.49. The van der Waals surface area contributed by atoms with E-state index in [1.807, 2.05) is 0 Å². The molecule has 0 bridgehead atoms. The number of alkyl halides is 6. The van der Waals surface area contributed by atoms with Crippen LogP contribution in [0.1, 0.15) is 58.8 Å². The molecule has 7 nitrogen and oxygen atoms in total. The number of aromatic nitrogens is 3. The zero-order valence-corrected chi connectivity index (χ0v) is 17.7. The molecule has 14 heteroatoms. The van der Waals surface area contributed by atoms with Crippen molar-refractivity contribution in [3.8, 4) is 0 Å². The van der Waals surface area contributed by atoms with Crippen LogP contribution in [-0.2, 0) is 18.0 Å². The lowest BCUT2D eigenvalue weighted by molar-refractivity contribution is -0.192. The molecule has 1 unspecified atom stereocenters. The summed E-state index contributed by atoms with van der Waals surface area (Å²) in [5.41, 5.74) is -0.0611. The van der Waals surface area contributed by atoms with Crippen molar-refractivity contribution in [1.29, 1.82) is 0 Å². The summed E-state index contributed by atoms with van der Waals surface area (Å²) >= 11 is 0.373. The molecule has 0 radical (unpaired) electrons. The molecule has 1 aliphatic rings. The van der Waals surface area contributed by atoms with Crippen molar-refractivity contribution in [2.45, 2.75) is 56.2 Å². The maximum atomic E-state index is 13.3. The van der Waals surface area contributed by atoms with E-state index in [1.54, 1.807) is 0 Å². The molecular weight excluding hydrogens is 466 g/mol. The van der Waals surface area contributed by atoms with Crippen LogP contribution in [0.5, 0.6) is 0 Å². The Morgan fingerprint density at radius 2 is 1.94 bits per heavy atom. The molecule has 1 amide bonds. The van der Waals surface area contributed by atoms with Crippen LogP contribution in [-0.4, -0.2) is 54.8 Å². The molecular formula is C18H20F6N4O3S. The van der Waals surface area contributed by atoms with Gasteiger partial charge in [-0.3, -0.25) is 9.48 Å². The smallest absolute Gasteiger partial charge is 0.393 e. The van der Waals surface area contributed by atoms with Gasteiger partial charge in [0.1, 0.15) is 16.7 Å². The van der Waals surface area contributed by atoms with Gasteiger partial charge in [-0.15, -0.1) is 16.4 Å². The second kappa shape index (κ2) is 8.63. The molecule has 0 saturated carbocycles. The number of nitrogens with zero attached hydrogens (tertiary/aromatic N) is 4. The summed E-state index contributed by atoms with van der Waals surface area (Å²) in [6.45, 7) is 0.551. The lowest BCUT2D eigenvalue weighted by Gasteiger charge is -2.43. The monoisotopic (exact) mass is 486 g/mol. The predicted molar refractivity (Wildman–Crippen MR) is 99.4 cm³/mol. The maximum absolute atomic E-state index is 13.3. The van der Waals surface area contributed by atoms with Crippen molar-refractivity contribution in [2.75, 3.05) is 6.61 Å². The Bertz CT molecular complexity index is 973. The Balaban J connectivity index is 2.06. The second-order valence-electron chi connectivity index (χ2n) is 7.69. The van der Waals surface area contributed by atoms with Crippen molar-refractivity contribution >= 4 is 17.2 Å². The highest BCUT2D eigenvalue weighted by molar-refractivity contribution is 7.12. The molecule has 3 heterocycles. The fraction of sp³-hybridized carbons (Fsp3) is 0.611. The molecule has 1 aliphatic heterocycles. The van der Waals surface area contributed by atoms with Crippen molar-refractivity contribution < 1.29 is 41.4 Å². The molecule has 2 N–H and O–H groups in total. The summed E-state index contributed by atoms with van der Waals surface area (Å²) in [6, 6.07) is -1.44. The quantitative estimate of drug-likeness (QED) is 0.648. The van der Waals surface area contributed by atoms with Gasteiger partial charge in [-0.25, -0.2) is 0 Å². The third kappa shape index (κ3) is 4.76. The average Bonchev–Trinajstić information content (AvgIpc) is 3.32. The van der Waals surface area contributed by atoms with Crippen LogP contribution in [0.15, 0.2) is 12.3 Å². The summed E-state index contributed by atoms with van der Waals surface area (Å²) in [6.07, 6.45) is -10.3. The van der Waals surface area contributed by atoms with Gasteiger partial charge in [-0.05, 0) is 37.3 Å². The molecule has 32 heavy (non-hydrogen) atoms. The molecule has 1 saturated heterocycles. The molecule has 2 aromatic heterocycles. The lowest BCUT2D eigenvalue weighted by Crippen LogP contribution is -2.51. The summed E-state index contributed by atoms with van der Waals surface area (Å²) in [5, 5.41) is 26.9. The third-order valence-electron chi connectivity index (χ3n) is 5.36. The average molecular weight is 486 g/mol. The van der Waals surface area contributed by atoms with E-state index in [-0.39, 0.29) is 29.0 Å². The maximum Gasteiger partial charge on any atom is 0.471 e. The number of rotatable bonds is 4. The zero-order valence-electron chi connectivity index (χ0n) is 16.9. The van der Waals surface area contributed by atoms with Crippen molar-refractivity contribution in [3.63, 3.8) is 0 Å². The van der Waals surface area contributed by atoms with Crippen LogP contribution >= 0.6 is 11.3 Å². The molecule has 0 spiro atoms. The molecule has 0 aliphatic carbocycles. The minimum Gasteiger partial charge on any atom is -0.393 e. The lowest BCUT2D eigenvalue weighted by atomic mass is 9.82. The standard InChI is InChI=1S/C18H20F6N4O3S/c1-8-3-9(15-10(13(30)7-29)5-14(32-15)17(19,20)21)4-12(11-6-27(2)26-25-11)28(8)16(31)18(22,23)24/h5-6,8-9,12-13,29-30H,3-4,7H2,1-2H3/t8-,9?,12-,13+/m0/s1. The number of halogens is 6. The van der Waals surface area contributed by atoms with Crippen LogP contribution in [0.4, 0.5) is 26.3 Å². The van der Waals surface area contributed by atoms with E-state index >= 15 is 0 Å². The highest BCUT2D eigenvalue weighted by Crippen LogP contribution is 2.49. The number of likely N-dealkylation sites (tertiary alicyclic amines) is 1. The number of hydrogen-bond donors (Lipinski definition) is 2. The van der Waals surface area contributed by atoms with Gasteiger partial charge in [0.2, 0.25) is 0 Å². The van der Waals surface area contributed by atoms with Gasteiger partial charge >= 0.3 is 18.3 Å². The second-order valence-corrected chi connectivity index (χ2v) is 8.77. The Morgan fingerprint density at radius 3 is 2.44 bits per heavy atom. The number of carbonyl (C=O) groups excluding carboxylic acids is 1. The number of aryl methyl sites for hydroxylation is 1. The first-order chi connectivity index (χ1) is 14.7. The highest BCUT2D eigenvalue weighted by atomic mass is 32.1. The van der Waals surface area contributed by atoms with Gasteiger partial charge in [-0.2, -0.15) is 26.3 Å². The fourth-order valence-corrected chi connectivity index (χ4v) is 5.24. The number of aliphatic hydroxyl groups excluding tert-OH is 2. The highest BCUT2D eigenvalue weighted by Gasteiger charge is 2.50. The van der Waals surface area contributed by atoms with E-state index in [2.05, 4.69) is 10.3 Å². The fourth-order valence-electron chi connectivity index (χ4n) is 4.03. The topological polar surface area (TPSA) is 91.5 Å². The first kappa shape index (κ1) is 24.5. The van der Waals surface area contributed by atoms with Crippen molar-refractivity contribution in [2.24, 2.45) is 7.05 Å². The number of piperidine rings is 1. The Hall–Kier alpha value is -2.19. The molecule has 3 rings (SSSR count). The molecule has 0 aromatic carbocycles. The molecule has 1 fully saturated rings. The van der Waals surface area contributed by atoms with Gasteiger partial charge in [0.05, 0.1) is 18.8 Å². The first-order valence-electron chi connectivity index (χ1n) is 9.49. The van der Waals surface area contributed by atoms with Crippen molar-refractivity contribution in [1.82, 2.24) is 19.9 Å². The van der Waals surface area contributed by atoms with Gasteiger partial charge in [0, 0.05) is 18.0 Å². The normalized spacial score (nSPS) is 23.4. The van der Waals surface area contributed by atoms with Crippen molar-refractivity contribution in [3.05, 3.63) is 33.3 Å².